The minimum atomic E-state index is 0.636. The molecule has 3 heteroatoms. The topological polar surface area (TPSA) is 30.5 Å². The number of nitrogens with one attached hydrogen (secondary N) is 1. The van der Waals surface area contributed by atoms with Crippen LogP contribution in [0.4, 0.5) is 0 Å². The molecular formula is C14H19NO2. The SMILES string of the molecule is CCC(=Cc1ccc2c(c1)OCCO2)CNC. The van der Waals surface area contributed by atoms with Gasteiger partial charge in [-0.05, 0) is 31.2 Å². The Hall–Kier alpha value is -1.48. The monoisotopic (exact) mass is 233 g/mol. The zero-order valence-corrected chi connectivity index (χ0v) is 10.5. The summed E-state index contributed by atoms with van der Waals surface area (Å²) in [6.45, 7) is 4.37. The van der Waals surface area contributed by atoms with E-state index in [1.54, 1.807) is 0 Å². The molecule has 2 rings (SSSR count). The third kappa shape index (κ3) is 3.01. The molecule has 0 amide bonds. The van der Waals surface area contributed by atoms with E-state index in [9.17, 15) is 0 Å². The first-order valence-electron chi connectivity index (χ1n) is 6.07. The second kappa shape index (κ2) is 5.73. The van der Waals surface area contributed by atoms with E-state index in [-0.39, 0.29) is 0 Å². The zero-order chi connectivity index (χ0) is 12.1. The van der Waals surface area contributed by atoms with Gasteiger partial charge in [0.1, 0.15) is 13.2 Å². The molecule has 1 aliphatic heterocycles. The summed E-state index contributed by atoms with van der Waals surface area (Å²) in [4.78, 5) is 0. The van der Waals surface area contributed by atoms with E-state index < -0.39 is 0 Å². The first kappa shape index (κ1) is 12.0. The van der Waals surface area contributed by atoms with Crippen molar-refractivity contribution in [3.8, 4) is 11.5 Å². The Balaban J connectivity index is 2.21. The summed E-state index contributed by atoms with van der Waals surface area (Å²) in [5.41, 5.74) is 2.55. The van der Waals surface area contributed by atoms with Gasteiger partial charge in [0.05, 0.1) is 0 Å². The van der Waals surface area contributed by atoms with E-state index in [0.717, 1.165) is 24.5 Å². The van der Waals surface area contributed by atoms with Crippen molar-refractivity contribution in [3.05, 3.63) is 29.3 Å². The second-order valence-electron chi connectivity index (χ2n) is 4.09. The molecule has 0 aliphatic carbocycles. The molecule has 0 saturated carbocycles. The Bertz CT molecular complexity index is 413. The van der Waals surface area contributed by atoms with E-state index in [0.29, 0.717) is 13.2 Å². The van der Waals surface area contributed by atoms with Crippen LogP contribution in [0.25, 0.3) is 6.08 Å². The fraction of sp³-hybridized carbons (Fsp3) is 0.429. The molecule has 0 fully saturated rings. The van der Waals surface area contributed by atoms with Crippen LogP contribution in [0.15, 0.2) is 23.8 Å². The molecule has 0 radical (unpaired) electrons. The fourth-order valence-electron chi connectivity index (χ4n) is 1.89. The zero-order valence-electron chi connectivity index (χ0n) is 10.5. The normalized spacial score (nSPS) is 14.8. The van der Waals surface area contributed by atoms with Crippen LogP contribution in [-0.4, -0.2) is 26.8 Å². The molecule has 3 nitrogen and oxygen atoms in total. The van der Waals surface area contributed by atoms with Crippen LogP contribution in [0.3, 0.4) is 0 Å². The molecule has 1 aromatic rings. The van der Waals surface area contributed by atoms with Crippen LogP contribution in [0.2, 0.25) is 0 Å². The highest BCUT2D eigenvalue weighted by Gasteiger charge is 2.10. The lowest BCUT2D eigenvalue weighted by atomic mass is 10.1. The van der Waals surface area contributed by atoms with Crippen LogP contribution in [0, 0.1) is 0 Å². The Morgan fingerprint density at radius 2 is 2.06 bits per heavy atom. The number of rotatable bonds is 4. The number of likely N-dealkylation sites (N-methyl/N-ethyl adjacent to an activating group) is 1. The van der Waals surface area contributed by atoms with Crippen molar-refractivity contribution in [2.24, 2.45) is 0 Å². The summed E-state index contributed by atoms with van der Waals surface area (Å²) in [5.74, 6) is 1.70. The largest absolute Gasteiger partial charge is 0.486 e. The lowest BCUT2D eigenvalue weighted by molar-refractivity contribution is 0.171. The van der Waals surface area contributed by atoms with Crippen LogP contribution in [-0.2, 0) is 0 Å². The molecule has 1 heterocycles. The smallest absolute Gasteiger partial charge is 0.161 e. The van der Waals surface area contributed by atoms with Gasteiger partial charge in [-0.25, -0.2) is 0 Å². The Morgan fingerprint density at radius 1 is 1.29 bits per heavy atom. The van der Waals surface area contributed by atoms with Gasteiger partial charge in [-0.15, -0.1) is 0 Å². The van der Waals surface area contributed by atoms with Crippen molar-refractivity contribution in [1.82, 2.24) is 5.32 Å². The molecule has 0 bridgehead atoms. The van der Waals surface area contributed by atoms with Crippen LogP contribution >= 0.6 is 0 Å². The predicted octanol–water partition coefficient (Wildman–Crippen LogP) is 2.47. The highest BCUT2D eigenvalue weighted by atomic mass is 16.6. The number of benzene rings is 1. The van der Waals surface area contributed by atoms with E-state index >= 15 is 0 Å². The Morgan fingerprint density at radius 3 is 2.76 bits per heavy atom. The lowest BCUT2D eigenvalue weighted by Crippen LogP contribution is -2.15. The van der Waals surface area contributed by atoms with Crippen molar-refractivity contribution in [2.45, 2.75) is 13.3 Å². The second-order valence-corrected chi connectivity index (χ2v) is 4.09. The van der Waals surface area contributed by atoms with Gasteiger partial charge in [-0.3, -0.25) is 0 Å². The quantitative estimate of drug-likeness (QED) is 0.866. The number of hydrogen-bond acceptors (Lipinski definition) is 3. The van der Waals surface area contributed by atoms with Gasteiger partial charge in [0.25, 0.3) is 0 Å². The van der Waals surface area contributed by atoms with Crippen molar-refractivity contribution in [1.29, 1.82) is 0 Å². The summed E-state index contributed by atoms with van der Waals surface area (Å²) < 4.78 is 11.1. The Labute approximate surface area is 102 Å². The van der Waals surface area contributed by atoms with Gasteiger partial charge in [-0.1, -0.05) is 24.6 Å². The summed E-state index contributed by atoms with van der Waals surface area (Å²) in [5, 5.41) is 3.18. The summed E-state index contributed by atoms with van der Waals surface area (Å²) in [6.07, 6.45) is 3.25. The van der Waals surface area contributed by atoms with Gasteiger partial charge in [0.2, 0.25) is 0 Å². The van der Waals surface area contributed by atoms with Crippen LogP contribution < -0.4 is 14.8 Å². The molecule has 0 aromatic heterocycles. The van der Waals surface area contributed by atoms with Crippen molar-refractivity contribution in [3.63, 3.8) is 0 Å². The molecule has 0 unspecified atom stereocenters. The minimum Gasteiger partial charge on any atom is -0.486 e. The van der Waals surface area contributed by atoms with Gasteiger partial charge in [0.15, 0.2) is 11.5 Å². The molecule has 0 atom stereocenters. The van der Waals surface area contributed by atoms with Crippen molar-refractivity contribution < 1.29 is 9.47 Å². The van der Waals surface area contributed by atoms with E-state index in [4.69, 9.17) is 9.47 Å². The van der Waals surface area contributed by atoms with Crippen molar-refractivity contribution >= 4 is 6.08 Å². The van der Waals surface area contributed by atoms with E-state index in [1.807, 2.05) is 19.2 Å². The summed E-state index contributed by atoms with van der Waals surface area (Å²) in [7, 11) is 1.97. The lowest BCUT2D eigenvalue weighted by Gasteiger charge is -2.18. The molecule has 92 valence electrons. The maximum Gasteiger partial charge on any atom is 0.161 e. The predicted molar refractivity (Wildman–Crippen MR) is 69.6 cm³/mol. The van der Waals surface area contributed by atoms with E-state index in [1.165, 1.54) is 11.1 Å². The highest BCUT2D eigenvalue weighted by Crippen LogP contribution is 2.31. The standard InChI is InChI=1S/C14H19NO2/c1-3-11(10-15-2)8-12-4-5-13-14(9-12)17-7-6-16-13/h4-5,8-9,15H,3,6-7,10H2,1-2H3. The third-order valence-corrected chi connectivity index (χ3v) is 2.79. The number of fused-ring (bicyclic) bond motifs is 1. The average Bonchev–Trinajstić information content (AvgIpc) is 2.38. The van der Waals surface area contributed by atoms with Gasteiger partial charge < -0.3 is 14.8 Å². The fourth-order valence-corrected chi connectivity index (χ4v) is 1.89. The molecular weight excluding hydrogens is 214 g/mol. The minimum absolute atomic E-state index is 0.636. The summed E-state index contributed by atoms with van der Waals surface area (Å²) >= 11 is 0. The number of ether oxygens (including phenoxy) is 2. The van der Waals surface area contributed by atoms with Gasteiger partial charge in [0, 0.05) is 6.54 Å². The van der Waals surface area contributed by atoms with E-state index in [2.05, 4.69) is 24.4 Å². The molecule has 0 saturated heterocycles. The van der Waals surface area contributed by atoms with Gasteiger partial charge >= 0.3 is 0 Å². The maximum absolute atomic E-state index is 5.57. The molecule has 1 aromatic carbocycles. The number of hydrogen-bond donors (Lipinski definition) is 1. The van der Waals surface area contributed by atoms with Crippen molar-refractivity contribution in [2.75, 3.05) is 26.8 Å². The third-order valence-electron chi connectivity index (χ3n) is 2.79. The summed E-state index contributed by atoms with van der Waals surface area (Å²) in [6, 6.07) is 6.09. The van der Waals surface area contributed by atoms with Gasteiger partial charge in [-0.2, -0.15) is 0 Å². The first-order chi connectivity index (χ1) is 8.33. The highest BCUT2D eigenvalue weighted by molar-refractivity contribution is 5.58. The Kier molecular flexibility index (Phi) is 4.04. The average molecular weight is 233 g/mol. The van der Waals surface area contributed by atoms with Crippen LogP contribution in [0.1, 0.15) is 18.9 Å². The molecule has 1 N–H and O–H groups in total. The molecule has 17 heavy (non-hydrogen) atoms. The maximum atomic E-state index is 5.57. The molecule has 1 aliphatic rings. The first-order valence-corrected chi connectivity index (χ1v) is 6.07. The van der Waals surface area contributed by atoms with Crippen LogP contribution in [0.5, 0.6) is 11.5 Å². The molecule has 0 spiro atoms.